The predicted molar refractivity (Wildman–Crippen MR) is 57.7 cm³/mol. The van der Waals surface area contributed by atoms with Gasteiger partial charge >= 0.3 is 0 Å². The molecule has 0 aliphatic carbocycles. The third kappa shape index (κ3) is 3.57. The predicted octanol–water partition coefficient (Wildman–Crippen LogP) is 2.93. The second-order valence-electron chi connectivity index (χ2n) is 3.50. The van der Waals surface area contributed by atoms with E-state index in [1.54, 1.807) is 0 Å². The zero-order chi connectivity index (χ0) is 9.73. The molecule has 69 valence electrons. The van der Waals surface area contributed by atoms with Crippen molar-refractivity contribution < 1.29 is 4.43 Å². The summed E-state index contributed by atoms with van der Waals surface area (Å²) >= 11 is 0. The Bertz CT molecular complexity index is 267. The molecule has 1 rings (SSSR count). The summed E-state index contributed by atoms with van der Waals surface area (Å²) in [5, 5.41) is 0. The van der Waals surface area contributed by atoms with Crippen LogP contribution in [0.4, 0.5) is 0 Å². The lowest BCUT2D eigenvalue weighted by atomic mass is 10.2. The molecule has 0 spiro atoms. The molecular formula is C11H15OSi. The monoisotopic (exact) mass is 191 g/mol. The number of hydrogen-bond donors (Lipinski definition) is 0. The van der Waals surface area contributed by atoms with Crippen molar-refractivity contribution >= 4 is 8.32 Å². The van der Waals surface area contributed by atoms with Crippen LogP contribution in [0.25, 0.3) is 0 Å². The minimum atomic E-state index is -1.61. The Hall–Kier alpha value is -0.863. The number of hydrogen-bond acceptors (Lipinski definition) is 1. The third-order valence-electron chi connectivity index (χ3n) is 1.89. The summed E-state index contributed by atoms with van der Waals surface area (Å²) in [6, 6.07) is 10.8. The third-order valence-corrected chi connectivity index (χ3v) is 3.76. The van der Waals surface area contributed by atoms with Gasteiger partial charge in [0.2, 0.25) is 8.32 Å². The van der Waals surface area contributed by atoms with Gasteiger partial charge in [-0.15, -0.1) is 6.58 Å². The van der Waals surface area contributed by atoms with Gasteiger partial charge in [0.1, 0.15) is 0 Å². The van der Waals surface area contributed by atoms with Gasteiger partial charge in [-0.1, -0.05) is 30.0 Å². The molecule has 1 radical (unpaired) electrons. The Morgan fingerprint density at radius 2 is 2.08 bits per heavy atom. The van der Waals surface area contributed by atoms with Crippen LogP contribution in [0.3, 0.4) is 0 Å². The highest BCUT2D eigenvalue weighted by atomic mass is 28.4. The van der Waals surface area contributed by atoms with Gasteiger partial charge in [-0.3, -0.25) is 0 Å². The second kappa shape index (κ2) is 4.39. The minimum absolute atomic E-state index is 0.680. The van der Waals surface area contributed by atoms with Crippen LogP contribution >= 0.6 is 0 Å². The quantitative estimate of drug-likeness (QED) is 0.665. The molecule has 0 saturated carbocycles. The second-order valence-corrected chi connectivity index (χ2v) is 7.41. The highest BCUT2D eigenvalue weighted by molar-refractivity contribution is 6.76. The SMILES string of the molecule is C=C[Si](C)(C)OCc1cc[c]cc1. The summed E-state index contributed by atoms with van der Waals surface area (Å²) in [5.41, 5.74) is 3.14. The van der Waals surface area contributed by atoms with Gasteiger partial charge < -0.3 is 4.43 Å². The van der Waals surface area contributed by atoms with Crippen LogP contribution in [-0.4, -0.2) is 8.32 Å². The highest BCUT2D eigenvalue weighted by Gasteiger charge is 2.16. The van der Waals surface area contributed by atoms with E-state index in [0.717, 1.165) is 0 Å². The first-order valence-electron chi connectivity index (χ1n) is 4.36. The molecule has 0 amide bonds. The smallest absolute Gasteiger partial charge is 0.210 e. The Morgan fingerprint density at radius 3 is 2.62 bits per heavy atom. The lowest BCUT2D eigenvalue weighted by Crippen LogP contribution is -2.27. The van der Waals surface area contributed by atoms with Crippen molar-refractivity contribution in [3.05, 3.63) is 48.2 Å². The molecule has 0 bridgehead atoms. The van der Waals surface area contributed by atoms with E-state index in [1.165, 1.54) is 5.56 Å². The van der Waals surface area contributed by atoms with Crippen molar-refractivity contribution in [3.63, 3.8) is 0 Å². The van der Waals surface area contributed by atoms with Gasteiger partial charge in [-0.2, -0.15) is 0 Å². The van der Waals surface area contributed by atoms with Crippen molar-refractivity contribution in [2.45, 2.75) is 19.7 Å². The summed E-state index contributed by atoms with van der Waals surface area (Å²) < 4.78 is 5.77. The van der Waals surface area contributed by atoms with Crippen LogP contribution in [0, 0.1) is 6.07 Å². The fourth-order valence-corrected chi connectivity index (χ4v) is 1.50. The molecule has 0 unspecified atom stereocenters. The van der Waals surface area contributed by atoms with Crippen molar-refractivity contribution in [1.82, 2.24) is 0 Å². The zero-order valence-corrected chi connectivity index (χ0v) is 9.21. The first-order valence-corrected chi connectivity index (χ1v) is 7.35. The van der Waals surface area contributed by atoms with E-state index in [9.17, 15) is 0 Å². The molecule has 1 nitrogen and oxygen atoms in total. The standard InChI is InChI=1S/C11H15OSi/c1-4-13(2,3)12-10-11-8-6-5-7-9-11/h4,6-9H,1,10H2,2-3H3. The maximum absolute atomic E-state index is 5.77. The van der Waals surface area contributed by atoms with Crippen LogP contribution in [0.1, 0.15) is 5.56 Å². The molecule has 13 heavy (non-hydrogen) atoms. The van der Waals surface area contributed by atoms with Crippen LogP contribution in [0.2, 0.25) is 13.1 Å². The molecule has 1 aromatic rings. The molecular weight excluding hydrogens is 176 g/mol. The highest BCUT2D eigenvalue weighted by Crippen LogP contribution is 2.09. The molecule has 0 N–H and O–H groups in total. The molecule has 0 aliphatic heterocycles. The van der Waals surface area contributed by atoms with Gasteiger partial charge in [0.05, 0.1) is 6.61 Å². The average molecular weight is 191 g/mol. The molecule has 0 saturated heterocycles. The normalized spacial score (nSPS) is 11.2. The maximum atomic E-state index is 5.77. The molecule has 0 fully saturated rings. The number of rotatable bonds is 4. The Kier molecular flexibility index (Phi) is 3.45. The molecule has 2 heteroatoms. The Labute approximate surface area is 81.2 Å². The van der Waals surface area contributed by atoms with E-state index < -0.39 is 8.32 Å². The maximum Gasteiger partial charge on any atom is 0.210 e. The lowest BCUT2D eigenvalue weighted by Gasteiger charge is -2.17. The van der Waals surface area contributed by atoms with Crippen molar-refractivity contribution in [2.24, 2.45) is 0 Å². The van der Waals surface area contributed by atoms with E-state index in [2.05, 4.69) is 25.7 Å². The zero-order valence-electron chi connectivity index (χ0n) is 8.21. The van der Waals surface area contributed by atoms with Gasteiger partial charge in [0.15, 0.2) is 0 Å². The van der Waals surface area contributed by atoms with Crippen LogP contribution in [0.5, 0.6) is 0 Å². The van der Waals surface area contributed by atoms with E-state index in [-0.39, 0.29) is 0 Å². The molecule has 1 aromatic carbocycles. The first-order chi connectivity index (χ1) is 6.14. The Morgan fingerprint density at radius 1 is 1.46 bits per heavy atom. The molecule has 0 aromatic heterocycles. The largest absolute Gasteiger partial charge is 0.409 e. The van der Waals surface area contributed by atoms with E-state index in [0.29, 0.717) is 6.61 Å². The van der Waals surface area contributed by atoms with Gasteiger partial charge in [0.25, 0.3) is 0 Å². The van der Waals surface area contributed by atoms with Gasteiger partial charge in [-0.05, 0) is 24.7 Å². The van der Waals surface area contributed by atoms with Crippen molar-refractivity contribution in [1.29, 1.82) is 0 Å². The molecule has 0 heterocycles. The topological polar surface area (TPSA) is 9.23 Å². The van der Waals surface area contributed by atoms with E-state index >= 15 is 0 Å². The first kappa shape index (κ1) is 10.2. The average Bonchev–Trinajstić information content (AvgIpc) is 2.17. The summed E-state index contributed by atoms with van der Waals surface area (Å²) in [7, 11) is -1.61. The summed E-state index contributed by atoms with van der Waals surface area (Å²) in [4.78, 5) is 0. The van der Waals surface area contributed by atoms with Gasteiger partial charge in [0, 0.05) is 0 Å². The summed E-state index contributed by atoms with van der Waals surface area (Å²) in [6.45, 7) is 8.72. The van der Waals surface area contributed by atoms with E-state index in [4.69, 9.17) is 4.43 Å². The van der Waals surface area contributed by atoms with Gasteiger partial charge in [-0.25, -0.2) is 0 Å². The molecule has 0 atom stereocenters. The lowest BCUT2D eigenvalue weighted by molar-refractivity contribution is 0.303. The number of benzene rings is 1. The summed E-state index contributed by atoms with van der Waals surface area (Å²) in [5.74, 6) is 0. The van der Waals surface area contributed by atoms with E-state index in [1.807, 2.05) is 30.0 Å². The fraction of sp³-hybridized carbons (Fsp3) is 0.273. The minimum Gasteiger partial charge on any atom is -0.409 e. The Balaban J connectivity index is 2.48. The molecule has 0 aliphatic rings. The van der Waals surface area contributed by atoms with Crippen LogP contribution < -0.4 is 0 Å². The van der Waals surface area contributed by atoms with Crippen LogP contribution in [0.15, 0.2) is 36.5 Å². The van der Waals surface area contributed by atoms with Crippen molar-refractivity contribution in [3.8, 4) is 0 Å². The van der Waals surface area contributed by atoms with Crippen molar-refractivity contribution in [2.75, 3.05) is 0 Å². The van der Waals surface area contributed by atoms with Crippen LogP contribution in [-0.2, 0) is 11.0 Å². The fourth-order valence-electron chi connectivity index (χ4n) is 0.846. The summed E-state index contributed by atoms with van der Waals surface area (Å²) in [6.07, 6.45) is 0.